The molecule has 0 spiro atoms. The van der Waals surface area contributed by atoms with Crippen molar-refractivity contribution in [3.8, 4) is 61.7 Å². The van der Waals surface area contributed by atoms with Gasteiger partial charge in [0.1, 0.15) is 18.0 Å². The summed E-state index contributed by atoms with van der Waals surface area (Å²) in [5.74, 6) is 0.397. The molecule has 0 fully saturated rings. The van der Waals surface area contributed by atoms with Crippen LogP contribution in [0.5, 0.6) is 0 Å². The van der Waals surface area contributed by atoms with Gasteiger partial charge in [0.05, 0.1) is 0 Å². The molecule has 0 aliphatic heterocycles. The maximum absolute atomic E-state index is 9.27. The molecule has 0 amide bonds. The second-order valence-electron chi connectivity index (χ2n) is 11.6. The Morgan fingerprint density at radius 2 is 0.854 bits per heavy atom. The molecule has 0 aliphatic rings. The molecule has 2 heterocycles. The first-order valence-electron chi connectivity index (χ1n) is 15.7. The Morgan fingerprint density at radius 1 is 0.438 bits per heavy atom. The highest BCUT2D eigenvalue weighted by atomic mass is 14.8. The summed E-state index contributed by atoms with van der Waals surface area (Å²) in [6.07, 6.45) is 3.36. The van der Waals surface area contributed by atoms with Crippen molar-refractivity contribution in [1.82, 2.24) is 9.97 Å². The molecular weight excluding hydrogens is 585 g/mol. The van der Waals surface area contributed by atoms with Crippen LogP contribution in [0.15, 0.2) is 158 Å². The quantitative estimate of drug-likeness (QED) is 0.182. The van der Waals surface area contributed by atoms with E-state index in [0.29, 0.717) is 11.5 Å². The highest BCUT2D eigenvalue weighted by Gasteiger charge is 2.14. The minimum absolute atomic E-state index is 0.397. The molecule has 0 radical (unpaired) electrons. The fourth-order valence-corrected chi connectivity index (χ4v) is 6.59. The van der Waals surface area contributed by atoms with E-state index in [4.69, 9.17) is 6.57 Å². The number of nitriles is 1. The van der Waals surface area contributed by atoms with E-state index in [-0.39, 0.29) is 0 Å². The van der Waals surface area contributed by atoms with Crippen LogP contribution in [0.4, 0.5) is 5.82 Å². The maximum Gasteiger partial charge on any atom is 0.270 e. The van der Waals surface area contributed by atoms with Gasteiger partial charge in [-0.15, -0.1) is 4.98 Å². The van der Waals surface area contributed by atoms with E-state index in [1.807, 2.05) is 24.3 Å². The molecule has 0 N–H and O–H groups in total. The zero-order chi connectivity index (χ0) is 32.5. The summed E-state index contributed by atoms with van der Waals surface area (Å²) < 4.78 is 0. The number of hydrogen-bond donors (Lipinski definition) is 0. The van der Waals surface area contributed by atoms with Crippen molar-refractivity contribution in [3.05, 3.63) is 175 Å². The van der Waals surface area contributed by atoms with Gasteiger partial charge in [-0.1, -0.05) is 128 Å². The SMILES string of the molecule is [C-]#[N+]c1cc(-c2ccc(-c3ccc(-c4ccc(-c5ccc(-c6ccnc(C#N)c6)cc5)c5ccccc45)c4ccccc34)cc2)ccn1. The molecule has 0 bridgehead atoms. The summed E-state index contributed by atoms with van der Waals surface area (Å²) in [6, 6.07) is 52.9. The predicted molar refractivity (Wildman–Crippen MR) is 195 cm³/mol. The summed E-state index contributed by atoms with van der Waals surface area (Å²) in [6.45, 7) is 7.30. The van der Waals surface area contributed by atoms with Crippen LogP contribution in [0.25, 0.3) is 82.0 Å². The minimum Gasteiger partial charge on any atom is -0.361 e. The van der Waals surface area contributed by atoms with E-state index in [1.54, 1.807) is 12.4 Å². The molecule has 48 heavy (non-hydrogen) atoms. The molecule has 4 nitrogen and oxygen atoms in total. The highest BCUT2D eigenvalue weighted by molar-refractivity contribution is 6.12. The average molecular weight is 611 g/mol. The highest BCUT2D eigenvalue weighted by Crippen LogP contribution is 2.41. The number of fused-ring (bicyclic) bond motifs is 2. The largest absolute Gasteiger partial charge is 0.361 e. The van der Waals surface area contributed by atoms with E-state index in [0.717, 1.165) is 33.4 Å². The molecule has 8 rings (SSSR count). The zero-order valence-corrected chi connectivity index (χ0v) is 25.8. The minimum atomic E-state index is 0.397. The number of pyridine rings is 2. The summed E-state index contributed by atoms with van der Waals surface area (Å²) in [4.78, 5) is 11.7. The molecule has 0 aliphatic carbocycles. The molecule has 2 aromatic heterocycles. The average Bonchev–Trinajstić information content (AvgIpc) is 3.17. The third-order valence-corrected chi connectivity index (χ3v) is 8.93. The van der Waals surface area contributed by atoms with Gasteiger partial charge in [-0.05, 0) is 101 Å². The van der Waals surface area contributed by atoms with E-state index in [2.05, 4.69) is 142 Å². The van der Waals surface area contributed by atoms with Crippen molar-refractivity contribution in [3.63, 3.8) is 0 Å². The van der Waals surface area contributed by atoms with E-state index in [9.17, 15) is 5.26 Å². The van der Waals surface area contributed by atoms with Crippen LogP contribution in [-0.2, 0) is 0 Å². The van der Waals surface area contributed by atoms with Gasteiger partial charge >= 0.3 is 0 Å². The maximum atomic E-state index is 9.27. The molecule has 0 atom stereocenters. The number of hydrogen-bond acceptors (Lipinski definition) is 3. The third-order valence-electron chi connectivity index (χ3n) is 8.93. The Morgan fingerprint density at radius 3 is 1.33 bits per heavy atom. The van der Waals surface area contributed by atoms with E-state index >= 15 is 0 Å². The molecule has 4 heteroatoms. The van der Waals surface area contributed by atoms with Crippen LogP contribution in [0, 0.1) is 17.9 Å². The monoisotopic (exact) mass is 610 g/mol. The van der Waals surface area contributed by atoms with Gasteiger partial charge in [0.25, 0.3) is 5.82 Å². The Bertz CT molecular complexity index is 2390. The van der Waals surface area contributed by atoms with Crippen LogP contribution in [-0.4, -0.2) is 9.97 Å². The van der Waals surface area contributed by atoms with Crippen LogP contribution in [0.1, 0.15) is 5.69 Å². The molecule has 8 aromatic rings. The predicted octanol–water partition coefficient (Wildman–Crippen LogP) is 11.5. The zero-order valence-electron chi connectivity index (χ0n) is 25.8. The lowest BCUT2D eigenvalue weighted by atomic mass is 9.87. The van der Waals surface area contributed by atoms with Gasteiger partial charge in [-0.3, -0.25) is 0 Å². The van der Waals surface area contributed by atoms with Gasteiger partial charge in [0.2, 0.25) is 0 Å². The van der Waals surface area contributed by atoms with Gasteiger partial charge < -0.3 is 4.85 Å². The van der Waals surface area contributed by atoms with Crippen LogP contribution in [0.2, 0.25) is 0 Å². The van der Waals surface area contributed by atoms with Crippen molar-refractivity contribution in [1.29, 1.82) is 5.26 Å². The van der Waals surface area contributed by atoms with Gasteiger partial charge in [-0.25, -0.2) is 4.98 Å². The molecule has 6 aromatic carbocycles. The molecule has 0 saturated carbocycles. The third kappa shape index (κ3) is 5.14. The van der Waals surface area contributed by atoms with E-state index in [1.165, 1.54) is 43.8 Å². The number of nitrogens with zero attached hydrogens (tertiary/aromatic N) is 4. The summed E-state index contributed by atoms with van der Waals surface area (Å²) in [5.41, 5.74) is 11.5. The Kier molecular flexibility index (Phi) is 7.23. The number of aromatic nitrogens is 2. The standard InChI is InChI=1S/C44H26N4/c1-46-44-27-34(23-25-48-44)30-12-16-32(17-13-30)37-19-21-43(41-9-5-3-7-39(37)41)42-20-18-36(38-6-2-4-8-40(38)42)31-14-10-29(11-15-31)33-22-24-47-35(26-33)28-45/h2-27H. The second-order valence-corrected chi connectivity index (χ2v) is 11.6. The lowest BCUT2D eigenvalue weighted by molar-refractivity contribution is 1.26. The molecule has 222 valence electrons. The first-order valence-corrected chi connectivity index (χ1v) is 15.7. The fourth-order valence-electron chi connectivity index (χ4n) is 6.59. The lowest BCUT2D eigenvalue weighted by Crippen LogP contribution is -1.90. The van der Waals surface area contributed by atoms with Crippen molar-refractivity contribution in [2.75, 3.05) is 0 Å². The van der Waals surface area contributed by atoms with Crippen LogP contribution < -0.4 is 0 Å². The van der Waals surface area contributed by atoms with Crippen molar-refractivity contribution in [2.24, 2.45) is 0 Å². The van der Waals surface area contributed by atoms with Gasteiger partial charge in [0, 0.05) is 6.20 Å². The first kappa shape index (κ1) is 28.6. The first-order chi connectivity index (χ1) is 23.7. The van der Waals surface area contributed by atoms with Gasteiger partial charge in [0.15, 0.2) is 0 Å². The van der Waals surface area contributed by atoms with Crippen molar-refractivity contribution < 1.29 is 0 Å². The van der Waals surface area contributed by atoms with Gasteiger partial charge in [-0.2, -0.15) is 5.26 Å². The Hall–Kier alpha value is -6.88. The van der Waals surface area contributed by atoms with Crippen molar-refractivity contribution >= 4 is 27.4 Å². The fraction of sp³-hybridized carbons (Fsp3) is 0. The van der Waals surface area contributed by atoms with Crippen LogP contribution in [0.3, 0.4) is 0 Å². The normalized spacial score (nSPS) is 10.9. The van der Waals surface area contributed by atoms with E-state index < -0.39 is 0 Å². The number of benzene rings is 6. The smallest absolute Gasteiger partial charge is 0.270 e. The van der Waals surface area contributed by atoms with Crippen molar-refractivity contribution in [2.45, 2.75) is 0 Å². The summed E-state index contributed by atoms with van der Waals surface area (Å²) in [7, 11) is 0. The molecule has 0 unspecified atom stereocenters. The summed E-state index contributed by atoms with van der Waals surface area (Å²) in [5, 5.41) is 14.1. The summed E-state index contributed by atoms with van der Waals surface area (Å²) >= 11 is 0. The molecular formula is C44H26N4. The molecule has 0 saturated heterocycles. The Labute approximate surface area is 278 Å². The second kappa shape index (κ2) is 12.1. The number of rotatable bonds is 5. The topological polar surface area (TPSA) is 53.9 Å². The Balaban J connectivity index is 1.18. The van der Waals surface area contributed by atoms with Crippen LogP contribution >= 0.6 is 0 Å². The lowest BCUT2D eigenvalue weighted by Gasteiger charge is -2.16.